The van der Waals surface area contributed by atoms with Crippen LogP contribution in [-0.2, 0) is 0 Å². The summed E-state index contributed by atoms with van der Waals surface area (Å²) in [5.74, 6) is 3.64. The molecule has 0 radical (unpaired) electrons. The summed E-state index contributed by atoms with van der Waals surface area (Å²) < 4.78 is 0. The van der Waals surface area contributed by atoms with E-state index >= 15 is 0 Å². The van der Waals surface area contributed by atoms with Gasteiger partial charge in [-0.2, -0.15) is 0 Å². The molecule has 80 valence electrons. The van der Waals surface area contributed by atoms with Crippen LogP contribution in [0.4, 0.5) is 0 Å². The molecule has 1 N–H and O–H groups in total. The van der Waals surface area contributed by atoms with Gasteiger partial charge in [-0.25, -0.2) is 0 Å². The molecule has 0 bridgehead atoms. The second-order valence-electron chi connectivity index (χ2n) is 4.37. The summed E-state index contributed by atoms with van der Waals surface area (Å²) in [6.07, 6.45) is 15.8. The van der Waals surface area contributed by atoms with Gasteiger partial charge in [0.1, 0.15) is 0 Å². The van der Waals surface area contributed by atoms with Crippen LogP contribution >= 0.6 is 0 Å². The molecule has 0 unspecified atom stereocenters. The van der Waals surface area contributed by atoms with Crippen LogP contribution in [0.5, 0.6) is 0 Å². The maximum absolute atomic E-state index is 5.19. The second kappa shape index (κ2) is 7.88. The van der Waals surface area contributed by atoms with Crippen molar-refractivity contribution in [3.63, 3.8) is 0 Å². The molecule has 1 heteroatoms. The van der Waals surface area contributed by atoms with Crippen molar-refractivity contribution in [2.75, 3.05) is 13.1 Å². The lowest BCUT2D eigenvalue weighted by Gasteiger charge is -2.21. The fourth-order valence-electron chi connectivity index (χ4n) is 2.17. The molecule has 0 amide bonds. The first kappa shape index (κ1) is 11.6. The van der Waals surface area contributed by atoms with E-state index in [-0.39, 0.29) is 0 Å². The molecule has 0 saturated heterocycles. The van der Waals surface area contributed by atoms with Crippen molar-refractivity contribution >= 4 is 0 Å². The molecule has 0 aromatic heterocycles. The van der Waals surface area contributed by atoms with Crippen LogP contribution in [0.3, 0.4) is 0 Å². The molecule has 1 fully saturated rings. The molecule has 1 aliphatic rings. The van der Waals surface area contributed by atoms with E-state index in [1.165, 1.54) is 51.5 Å². The summed E-state index contributed by atoms with van der Waals surface area (Å²) in [7, 11) is 0. The van der Waals surface area contributed by atoms with E-state index in [0.29, 0.717) is 0 Å². The van der Waals surface area contributed by atoms with Crippen molar-refractivity contribution in [1.29, 1.82) is 0 Å². The number of rotatable bonds is 6. The van der Waals surface area contributed by atoms with Gasteiger partial charge < -0.3 is 5.32 Å². The minimum Gasteiger partial charge on any atom is -0.316 e. The molecule has 0 aliphatic heterocycles. The molecule has 0 aromatic carbocycles. The Bertz CT molecular complexity index is 163. The molecular weight excluding hydrogens is 170 g/mol. The number of hydrogen-bond acceptors (Lipinski definition) is 1. The minimum absolute atomic E-state index is 0.936. The highest BCUT2D eigenvalue weighted by atomic mass is 14.9. The largest absolute Gasteiger partial charge is 0.316 e. The molecule has 1 saturated carbocycles. The highest BCUT2D eigenvalue weighted by Crippen LogP contribution is 2.22. The lowest BCUT2D eigenvalue weighted by Crippen LogP contribution is -2.25. The van der Waals surface area contributed by atoms with Gasteiger partial charge in [0.2, 0.25) is 0 Å². The fraction of sp³-hybridized carbons (Fsp3) is 0.846. The van der Waals surface area contributed by atoms with Crippen LogP contribution in [0.2, 0.25) is 0 Å². The molecule has 0 atom stereocenters. The Morgan fingerprint density at radius 1 is 1.14 bits per heavy atom. The summed E-state index contributed by atoms with van der Waals surface area (Å²) >= 11 is 0. The highest BCUT2D eigenvalue weighted by Gasteiger charge is 2.11. The fourth-order valence-corrected chi connectivity index (χ4v) is 2.17. The monoisotopic (exact) mass is 193 g/mol. The van der Waals surface area contributed by atoms with E-state index in [4.69, 9.17) is 6.42 Å². The third-order valence-corrected chi connectivity index (χ3v) is 3.08. The van der Waals surface area contributed by atoms with E-state index in [1.54, 1.807) is 0 Å². The van der Waals surface area contributed by atoms with Crippen LogP contribution in [0.15, 0.2) is 0 Å². The maximum Gasteiger partial charge on any atom is 0.00865 e. The van der Waals surface area contributed by atoms with Crippen LogP contribution in [0, 0.1) is 18.3 Å². The SMILES string of the molecule is C#CCCCCNCC1CCCCC1. The van der Waals surface area contributed by atoms with E-state index in [9.17, 15) is 0 Å². The average Bonchev–Trinajstić information content (AvgIpc) is 2.25. The van der Waals surface area contributed by atoms with Crippen molar-refractivity contribution in [3.05, 3.63) is 0 Å². The highest BCUT2D eigenvalue weighted by molar-refractivity contribution is 4.82. The van der Waals surface area contributed by atoms with Gasteiger partial charge in [-0.15, -0.1) is 12.3 Å². The van der Waals surface area contributed by atoms with Gasteiger partial charge in [0.25, 0.3) is 0 Å². The quantitative estimate of drug-likeness (QED) is 0.505. The Kier molecular flexibility index (Phi) is 6.53. The zero-order valence-electron chi connectivity index (χ0n) is 9.23. The maximum atomic E-state index is 5.19. The Hall–Kier alpha value is -0.480. The number of nitrogens with one attached hydrogen (secondary N) is 1. The molecule has 1 rings (SSSR count). The van der Waals surface area contributed by atoms with Crippen molar-refractivity contribution in [2.45, 2.75) is 51.4 Å². The van der Waals surface area contributed by atoms with Gasteiger partial charge in [-0.3, -0.25) is 0 Å². The van der Waals surface area contributed by atoms with Gasteiger partial charge in [0, 0.05) is 6.42 Å². The lowest BCUT2D eigenvalue weighted by molar-refractivity contribution is 0.342. The van der Waals surface area contributed by atoms with E-state index in [2.05, 4.69) is 11.2 Å². The predicted octanol–water partition coefficient (Wildman–Crippen LogP) is 2.96. The summed E-state index contributed by atoms with van der Waals surface area (Å²) in [5.41, 5.74) is 0. The molecule has 14 heavy (non-hydrogen) atoms. The van der Waals surface area contributed by atoms with Gasteiger partial charge in [-0.1, -0.05) is 19.3 Å². The van der Waals surface area contributed by atoms with Crippen LogP contribution in [0.25, 0.3) is 0 Å². The molecule has 0 spiro atoms. The number of terminal acetylenes is 1. The molecule has 0 aromatic rings. The predicted molar refractivity (Wildman–Crippen MR) is 62.1 cm³/mol. The lowest BCUT2D eigenvalue weighted by atomic mass is 9.89. The first-order valence-corrected chi connectivity index (χ1v) is 6.07. The zero-order valence-corrected chi connectivity index (χ0v) is 9.23. The van der Waals surface area contributed by atoms with Crippen LogP contribution in [-0.4, -0.2) is 13.1 Å². The van der Waals surface area contributed by atoms with Gasteiger partial charge >= 0.3 is 0 Å². The van der Waals surface area contributed by atoms with Crippen molar-refractivity contribution in [2.24, 2.45) is 5.92 Å². The third-order valence-electron chi connectivity index (χ3n) is 3.08. The summed E-state index contributed by atoms with van der Waals surface area (Å²) in [6.45, 7) is 2.38. The van der Waals surface area contributed by atoms with E-state index < -0.39 is 0 Å². The van der Waals surface area contributed by atoms with E-state index in [0.717, 1.165) is 18.9 Å². The Morgan fingerprint density at radius 3 is 2.64 bits per heavy atom. The number of hydrogen-bond donors (Lipinski definition) is 1. The molecule has 1 nitrogen and oxygen atoms in total. The Balaban J connectivity index is 1.85. The first-order chi connectivity index (χ1) is 6.93. The Labute approximate surface area is 88.7 Å². The second-order valence-corrected chi connectivity index (χ2v) is 4.37. The average molecular weight is 193 g/mol. The topological polar surface area (TPSA) is 12.0 Å². The summed E-state index contributed by atoms with van der Waals surface area (Å²) in [4.78, 5) is 0. The van der Waals surface area contributed by atoms with Crippen molar-refractivity contribution in [3.8, 4) is 12.3 Å². The van der Waals surface area contributed by atoms with Gasteiger partial charge in [0.05, 0.1) is 0 Å². The molecule has 0 heterocycles. The smallest absolute Gasteiger partial charge is 0.00865 e. The van der Waals surface area contributed by atoms with Crippen molar-refractivity contribution in [1.82, 2.24) is 5.32 Å². The third kappa shape index (κ3) is 5.29. The van der Waals surface area contributed by atoms with Crippen LogP contribution in [0.1, 0.15) is 51.4 Å². The van der Waals surface area contributed by atoms with Gasteiger partial charge in [-0.05, 0) is 44.7 Å². The first-order valence-electron chi connectivity index (χ1n) is 6.07. The van der Waals surface area contributed by atoms with E-state index in [1.807, 2.05) is 0 Å². The van der Waals surface area contributed by atoms with Crippen molar-refractivity contribution < 1.29 is 0 Å². The Morgan fingerprint density at radius 2 is 1.93 bits per heavy atom. The molecule has 1 aliphatic carbocycles. The van der Waals surface area contributed by atoms with Crippen LogP contribution < -0.4 is 5.32 Å². The minimum atomic E-state index is 0.936. The van der Waals surface area contributed by atoms with Gasteiger partial charge in [0.15, 0.2) is 0 Å². The zero-order chi connectivity index (χ0) is 10.1. The number of unbranched alkanes of at least 4 members (excludes halogenated alkanes) is 2. The summed E-state index contributed by atoms with van der Waals surface area (Å²) in [6, 6.07) is 0. The summed E-state index contributed by atoms with van der Waals surface area (Å²) in [5, 5.41) is 3.55. The normalized spacial score (nSPS) is 17.9. The standard InChI is InChI=1S/C13H23N/c1-2-3-4-8-11-14-12-13-9-6-5-7-10-13/h1,13-14H,3-12H2. The molecular formula is C13H23N.